The summed E-state index contributed by atoms with van der Waals surface area (Å²) in [6.07, 6.45) is 12.1. The summed E-state index contributed by atoms with van der Waals surface area (Å²) in [5.41, 5.74) is 8.76. The molecule has 4 rings (SSSR count). The number of nitrogens with zero attached hydrogens (tertiary/aromatic N) is 1. The van der Waals surface area contributed by atoms with E-state index in [1.54, 1.807) is 0 Å². The summed E-state index contributed by atoms with van der Waals surface area (Å²) in [6.45, 7) is 8.54. The highest BCUT2D eigenvalue weighted by Gasteiger charge is 2.35. The molecule has 1 aromatic heterocycles. The van der Waals surface area contributed by atoms with E-state index in [0.29, 0.717) is 11.8 Å². The molecule has 1 heterocycles. The van der Waals surface area contributed by atoms with E-state index in [4.69, 9.17) is 4.98 Å². The highest BCUT2D eigenvalue weighted by Crippen LogP contribution is 2.49. The Labute approximate surface area is 232 Å². The van der Waals surface area contributed by atoms with E-state index in [2.05, 4.69) is 77.5 Å². The van der Waals surface area contributed by atoms with Gasteiger partial charge in [-0.2, -0.15) is 0 Å². The van der Waals surface area contributed by atoms with Crippen molar-refractivity contribution >= 4 is 20.4 Å². The quantitative estimate of drug-likeness (QED) is 0.258. The average molecular weight is 533 g/mol. The van der Waals surface area contributed by atoms with Gasteiger partial charge in [0.25, 0.3) is 0 Å². The summed E-state index contributed by atoms with van der Waals surface area (Å²) in [7, 11) is 2.81. The van der Waals surface area contributed by atoms with Crippen molar-refractivity contribution in [3.05, 3.63) is 64.5 Å². The van der Waals surface area contributed by atoms with Crippen molar-refractivity contribution in [2.45, 2.75) is 103 Å². The zero-order valence-corrected chi connectivity index (χ0v) is 25.0. The van der Waals surface area contributed by atoms with Gasteiger partial charge >= 0.3 is 0 Å². The van der Waals surface area contributed by atoms with Crippen LogP contribution < -0.4 is 5.32 Å². The fourth-order valence-electron chi connectivity index (χ4n) is 6.35. The Morgan fingerprint density at radius 3 is 2.55 bits per heavy atom. The molecule has 38 heavy (non-hydrogen) atoms. The highest BCUT2D eigenvalue weighted by atomic mass is 31.0. The lowest BCUT2D eigenvalue weighted by Gasteiger charge is -2.30. The van der Waals surface area contributed by atoms with Gasteiger partial charge < -0.3 is 5.32 Å². The van der Waals surface area contributed by atoms with Gasteiger partial charge in [-0.05, 0) is 77.3 Å². The lowest BCUT2D eigenvalue weighted by molar-refractivity contribution is 0.301. The van der Waals surface area contributed by atoms with Crippen molar-refractivity contribution in [3.63, 3.8) is 0 Å². The summed E-state index contributed by atoms with van der Waals surface area (Å²) >= 11 is 0. The SMILES string of the molecule is CCCC#CC1=C(c2ccc(C(P)NC(CC)CF)cn2)CC(C2CCCC2)C(C)c2cc(CC)ccc21. The van der Waals surface area contributed by atoms with Crippen LogP contribution >= 0.6 is 9.24 Å². The molecule has 1 fully saturated rings. The van der Waals surface area contributed by atoms with E-state index in [0.717, 1.165) is 49.3 Å². The molecule has 1 N–H and O–H groups in total. The number of hydrogen-bond donors (Lipinski definition) is 1. The van der Waals surface area contributed by atoms with Crippen molar-refractivity contribution in [3.8, 4) is 11.8 Å². The molecule has 0 aliphatic heterocycles. The van der Waals surface area contributed by atoms with Crippen LogP contribution in [0.15, 0.2) is 36.5 Å². The molecule has 2 aliphatic rings. The Kier molecular flexibility index (Phi) is 10.6. The van der Waals surface area contributed by atoms with Gasteiger partial charge in [-0.25, -0.2) is 4.39 Å². The fourth-order valence-corrected chi connectivity index (χ4v) is 6.81. The topological polar surface area (TPSA) is 24.9 Å². The van der Waals surface area contributed by atoms with Gasteiger partial charge in [0.15, 0.2) is 0 Å². The van der Waals surface area contributed by atoms with E-state index in [1.165, 1.54) is 53.5 Å². The number of rotatable bonds is 9. The Balaban J connectivity index is 1.81. The van der Waals surface area contributed by atoms with Gasteiger partial charge in [0.2, 0.25) is 0 Å². The number of hydrogen-bond acceptors (Lipinski definition) is 2. The molecule has 5 atom stereocenters. The number of alkyl halides is 1. The number of nitrogens with one attached hydrogen (secondary N) is 1. The number of unbranched alkanes of at least 4 members (excludes halogenated alkanes) is 1. The van der Waals surface area contributed by atoms with Crippen molar-refractivity contribution < 1.29 is 4.39 Å². The van der Waals surface area contributed by atoms with Crippen molar-refractivity contribution in [1.82, 2.24) is 10.3 Å². The summed E-state index contributed by atoms with van der Waals surface area (Å²) in [5.74, 6) is 8.95. The van der Waals surface area contributed by atoms with Gasteiger partial charge in [0, 0.05) is 30.0 Å². The van der Waals surface area contributed by atoms with Crippen LogP contribution in [0, 0.1) is 23.7 Å². The number of halogens is 1. The minimum atomic E-state index is -0.362. The smallest absolute Gasteiger partial charge is 0.105 e. The second-order valence-electron chi connectivity index (χ2n) is 11.3. The molecule has 0 saturated heterocycles. The largest absolute Gasteiger partial charge is 0.301 e. The van der Waals surface area contributed by atoms with Crippen LogP contribution in [0.1, 0.15) is 119 Å². The van der Waals surface area contributed by atoms with Crippen LogP contribution in [0.5, 0.6) is 0 Å². The van der Waals surface area contributed by atoms with E-state index in [-0.39, 0.29) is 18.5 Å². The normalized spacial score (nSPS) is 21.4. The Hall–Kier alpha value is -2.01. The van der Waals surface area contributed by atoms with Crippen LogP contribution in [0.3, 0.4) is 0 Å². The van der Waals surface area contributed by atoms with Gasteiger partial charge in [0.1, 0.15) is 6.67 Å². The maximum atomic E-state index is 13.3. The molecule has 204 valence electrons. The number of pyridine rings is 1. The number of fused-ring (bicyclic) bond motifs is 1. The first kappa shape index (κ1) is 29.0. The molecule has 2 nitrogen and oxygen atoms in total. The number of aromatic nitrogens is 1. The van der Waals surface area contributed by atoms with Crippen molar-refractivity contribution in [2.24, 2.45) is 11.8 Å². The standard InChI is InChI=1S/C34H46FN2P/c1-5-8-9-14-28-29-17-15-24(6-2)19-31(29)23(4)30(25-12-10-11-13-25)20-32(28)33-18-16-26(22-36-33)34(38)37-27(7-3)21-35/h15-19,22-23,25,27,30,34,37H,5-8,10-13,20-21,38H2,1-4H3. The molecule has 1 aromatic carbocycles. The third-order valence-electron chi connectivity index (χ3n) is 8.81. The Morgan fingerprint density at radius 1 is 1.13 bits per heavy atom. The van der Waals surface area contributed by atoms with Crippen molar-refractivity contribution in [1.29, 1.82) is 0 Å². The second-order valence-corrected chi connectivity index (χ2v) is 11.9. The highest BCUT2D eigenvalue weighted by molar-refractivity contribution is 7.17. The lowest BCUT2D eigenvalue weighted by atomic mass is 9.75. The molecular weight excluding hydrogens is 486 g/mol. The number of benzene rings is 1. The predicted molar refractivity (Wildman–Crippen MR) is 164 cm³/mol. The first-order valence-electron chi connectivity index (χ1n) is 14.9. The van der Waals surface area contributed by atoms with Crippen LogP contribution in [0.2, 0.25) is 0 Å². The van der Waals surface area contributed by atoms with Crippen LogP contribution in [0.4, 0.5) is 4.39 Å². The molecule has 2 aliphatic carbocycles. The summed E-state index contributed by atoms with van der Waals surface area (Å²) in [5, 5.41) is 3.37. The molecule has 4 heteroatoms. The molecule has 2 aromatic rings. The van der Waals surface area contributed by atoms with Gasteiger partial charge in [-0.15, -0.1) is 9.24 Å². The van der Waals surface area contributed by atoms with Crippen molar-refractivity contribution in [2.75, 3.05) is 6.67 Å². The molecule has 1 saturated carbocycles. The zero-order valence-electron chi connectivity index (χ0n) is 23.8. The molecule has 0 amide bonds. The summed E-state index contributed by atoms with van der Waals surface area (Å²) < 4.78 is 13.3. The van der Waals surface area contributed by atoms with E-state index in [9.17, 15) is 4.39 Å². The van der Waals surface area contributed by atoms with E-state index < -0.39 is 0 Å². The maximum Gasteiger partial charge on any atom is 0.105 e. The summed E-state index contributed by atoms with van der Waals surface area (Å²) in [6, 6.07) is 11.3. The first-order chi connectivity index (χ1) is 18.5. The van der Waals surface area contributed by atoms with Gasteiger partial charge in [0.05, 0.1) is 5.69 Å². The monoisotopic (exact) mass is 532 g/mol. The maximum absolute atomic E-state index is 13.3. The lowest BCUT2D eigenvalue weighted by Crippen LogP contribution is -2.31. The summed E-state index contributed by atoms with van der Waals surface area (Å²) in [4.78, 5) is 5.02. The van der Waals surface area contributed by atoms with Crippen LogP contribution in [-0.4, -0.2) is 17.7 Å². The molecule has 0 radical (unpaired) electrons. The second kappa shape index (κ2) is 13.9. The Bertz CT molecular complexity index is 1150. The molecule has 0 spiro atoms. The minimum absolute atomic E-state index is 0.0244. The van der Waals surface area contributed by atoms with E-state index in [1.807, 2.05) is 13.1 Å². The fraction of sp³-hybridized carbons (Fsp3) is 0.559. The van der Waals surface area contributed by atoms with Crippen LogP contribution in [-0.2, 0) is 6.42 Å². The molecular formula is C34H46FN2P. The zero-order chi connectivity index (χ0) is 27.1. The first-order valence-corrected chi connectivity index (χ1v) is 15.6. The van der Waals surface area contributed by atoms with Gasteiger partial charge in [-0.3, -0.25) is 4.98 Å². The third kappa shape index (κ3) is 6.58. The minimum Gasteiger partial charge on any atom is -0.301 e. The third-order valence-corrected chi connectivity index (χ3v) is 9.39. The number of aryl methyl sites for hydroxylation is 1. The van der Waals surface area contributed by atoms with Crippen LogP contribution in [0.25, 0.3) is 11.1 Å². The average Bonchev–Trinajstić information content (AvgIpc) is 3.46. The van der Waals surface area contributed by atoms with Gasteiger partial charge in [-0.1, -0.05) is 89.5 Å². The Morgan fingerprint density at radius 2 is 1.92 bits per heavy atom. The predicted octanol–water partition coefficient (Wildman–Crippen LogP) is 8.88. The molecule has 5 unspecified atom stereocenters. The van der Waals surface area contributed by atoms with E-state index >= 15 is 0 Å². The number of allylic oxidation sites excluding steroid dienone is 2. The molecule has 0 bridgehead atoms.